The molecule has 0 aliphatic heterocycles. The van der Waals surface area contributed by atoms with Crippen LogP contribution in [0.4, 0.5) is 0 Å². The lowest BCUT2D eigenvalue weighted by molar-refractivity contribution is -0.137. The van der Waals surface area contributed by atoms with Crippen LogP contribution in [-0.2, 0) is 11.2 Å². The summed E-state index contributed by atoms with van der Waals surface area (Å²) in [6.45, 7) is 0. The fraction of sp³-hybridized carbons (Fsp3) is 0.300. The van der Waals surface area contributed by atoms with Gasteiger partial charge in [-0.15, -0.1) is 0 Å². The maximum absolute atomic E-state index is 10.3. The molecule has 1 aromatic carbocycles. The van der Waals surface area contributed by atoms with Crippen molar-refractivity contribution in [2.24, 2.45) is 0 Å². The molecular weight excluding hydrogens is 195 g/mol. The first-order valence-corrected chi connectivity index (χ1v) is 4.76. The lowest BCUT2D eigenvalue weighted by Crippen LogP contribution is -2.29. The molecular formula is C10H13BO4. The molecule has 4 nitrogen and oxygen atoms in total. The fourth-order valence-corrected chi connectivity index (χ4v) is 1.30. The maximum atomic E-state index is 10.3. The van der Waals surface area contributed by atoms with Crippen LogP contribution in [0.15, 0.2) is 24.3 Å². The lowest BCUT2D eigenvalue weighted by Gasteiger charge is -2.02. The van der Waals surface area contributed by atoms with Crippen molar-refractivity contribution < 1.29 is 19.9 Å². The van der Waals surface area contributed by atoms with E-state index in [1.807, 2.05) is 0 Å². The highest BCUT2D eigenvalue weighted by molar-refractivity contribution is 6.58. The minimum Gasteiger partial charge on any atom is -0.481 e. The molecule has 0 spiro atoms. The van der Waals surface area contributed by atoms with Gasteiger partial charge in [0, 0.05) is 6.42 Å². The molecule has 1 rings (SSSR count). The molecule has 0 unspecified atom stereocenters. The summed E-state index contributed by atoms with van der Waals surface area (Å²) in [7, 11) is -1.45. The molecule has 80 valence electrons. The topological polar surface area (TPSA) is 77.8 Å². The number of aliphatic carboxylic acids is 1. The van der Waals surface area contributed by atoms with Gasteiger partial charge in [0.15, 0.2) is 0 Å². The van der Waals surface area contributed by atoms with Crippen LogP contribution in [0.25, 0.3) is 0 Å². The highest BCUT2D eigenvalue weighted by atomic mass is 16.4. The van der Waals surface area contributed by atoms with Gasteiger partial charge in [-0.1, -0.05) is 24.3 Å². The number of carbonyl (C=O) groups is 1. The van der Waals surface area contributed by atoms with E-state index in [1.54, 1.807) is 24.3 Å². The molecule has 0 bridgehead atoms. The van der Waals surface area contributed by atoms with Gasteiger partial charge in [-0.3, -0.25) is 4.79 Å². The van der Waals surface area contributed by atoms with Crippen molar-refractivity contribution in [1.29, 1.82) is 0 Å². The van der Waals surface area contributed by atoms with Gasteiger partial charge in [-0.25, -0.2) is 0 Å². The molecule has 0 radical (unpaired) electrons. The van der Waals surface area contributed by atoms with Gasteiger partial charge in [-0.05, 0) is 23.9 Å². The molecule has 0 aliphatic rings. The Hall–Kier alpha value is -1.33. The Morgan fingerprint density at radius 2 is 1.80 bits per heavy atom. The highest BCUT2D eigenvalue weighted by Crippen LogP contribution is 2.03. The lowest BCUT2D eigenvalue weighted by atomic mass is 9.80. The van der Waals surface area contributed by atoms with Crippen LogP contribution in [0.5, 0.6) is 0 Å². The third-order valence-electron chi connectivity index (χ3n) is 2.13. The fourth-order valence-electron chi connectivity index (χ4n) is 1.30. The largest absolute Gasteiger partial charge is 0.488 e. The number of benzene rings is 1. The van der Waals surface area contributed by atoms with E-state index in [-0.39, 0.29) is 6.42 Å². The summed E-state index contributed by atoms with van der Waals surface area (Å²) >= 11 is 0. The maximum Gasteiger partial charge on any atom is 0.488 e. The SMILES string of the molecule is O=C(O)CCCc1ccc(B(O)O)cc1. The van der Waals surface area contributed by atoms with Crippen molar-refractivity contribution >= 4 is 18.6 Å². The Morgan fingerprint density at radius 1 is 1.20 bits per heavy atom. The van der Waals surface area contributed by atoms with Gasteiger partial charge in [0.05, 0.1) is 0 Å². The first kappa shape index (κ1) is 11.7. The molecule has 0 aromatic heterocycles. The molecule has 0 fully saturated rings. The highest BCUT2D eigenvalue weighted by Gasteiger charge is 2.09. The van der Waals surface area contributed by atoms with Crippen molar-refractivity contribution in [3.63, 3.8) is 0 Å². The second-order valence-corrected chi connectivity index (χ2v) is 3.36. The van der Waals surface area contributed by atoms with Crippen molar-refractivity contribution in [3.8, 4) is 0 Å². The minimum atomic E-state index is -1.45. The number of hydrogen-bond acceptors (Lipinski definition) is 3. The molecule has 5 heteroatoms. The number of hydrogen-bond donors (Lipinski definition) is 3. The minimum absolute atomic E-state index is 0.157. The summed E-state index contributed by atoms with van der Waals surface area (Å²) in [5, 5.41) is 26.1. The summed E-state index contributed by atoms with van der Waals surface area (Å²) < 4.78 is 0. The van der Waals surface area contributed by atoms with E-state index in [0.29, 0.717) is 18.3 Å². The zero-order chi connectivity index (χ0) is 11.3. The predicted molar refractivity (Wildman–Crippen MR) is 56.8 cm³/mol. The summed E-state index contributed by atoms with van der Waals surface area (Å²) in [6, 6.07) is 6.80. The predicted octanol–water partition coefficient (Wildman–Crippen LogP) is -0.226. The Balaban J connectivity index is 2.46. The second-order valence-electron chi connectivity index (χ2n) is 3.36. The van der Waals surface area contributed by atoms with E-state index >= 15 is 0 Å². The number of carboxylic acid groups (broad SMARTS) is 1. The average molecular weight is 208 g/mol. The third-order valence-corrected chi connectivity index (χ3v) is 2.13. The molecule has 0 amide bonds. The Bertz CT molecular complexity index is 321. The molecule has 1 aromatic rings. The van der Waals surface area contributed by atoms with Crippen LogP contribution >= 0.6 is 0 Å². The monoisotopic (exact) mass is 208 g/mol. The summed E-state index contributed by atoms with van der Waals surface area (Å²) in [5.74, 6) is -0.794. The first-order chi connectivity index (χ1) is 7.09. The molecule has 15 heavy (non-hydrogen) atoms. The van der Waals surface area contributed by atoms with Crippen LogP contribution in [0, 0.1) is 0 Å². The molecule has 0 saturated carbocycles. The Kier molecular flexibility index (Phi) is 4.33. The zero-order valence-electron chi connectivity index (χ0n) is 8.26. The summed E-state index contributed by atoms with van der Waals surface area (Å²) in [5.41, 5.74) is 1.44. The third kappa shape index (κ3) is 4.14. The Morgan fingerprint density at radius 3 is 2.27 bits per heavy atom. The van der Waals surface area contributed by atoms with Crippen molar-refractivity contribution in [2.45, 2.75) is 19.3 Å². The van der Waals surface area contributed by atoms with Crippen LogP contribution in [0.2, 0.25) is 0 Å². The summed E-state index contributed by atoms with van der Waals surface area (Å²) in [6.07, 6.45) is 1.44. The summed E-state index contributed by atoms with van der Waals surface area (Å²) in [4.78, 5) is 10.3. The smallest absolute Gasteiger partial charge is 0.481 e. The molecule has 0 saturated heterocycles. The van der Waals surface area contributed by atoms with Crippen LogP contribution in [-0.4, -0.2) is 28.2 Å². The van der Waals surface area contributed by atoms with E-state index in [9.17, 15) is 4.79 Å². The van der Waals surface area contributed by atoms with Crippen molar-refractivity contribution in [2.75, 3.05) is 0 Å². The average Bonchev–Trinajstić information content (AvgIpc) is 2.18. The van der Waals surface area contributed by atoms with Crippen LogP contribution in [0.3, 0.4) is 0 Å². The molecule has 0 aliphatic carbocycles. The zero-order valence-corrected chi connectivity index (χ0v) is 8.26. The molecule has 0 heterocycles. The van der Waals surface area contributed by atoms with E-state index in [0.717, 1.165) is 5.56 Å². The molecule has 0 atom stereocenters. The van der Waals surface area contributed by atoms with Crippen molar-refractivity contribution in [1.82, 2.24) is 0 Å². The van der Waals surface area contributed by atoms with Gasteiger partial charge in [-0.2, -0.15) is 0 Å². The number of rotatable bonds is 5. The van der Waals surface area contributed by atoms with Gasteiger partial charge in [0.25, 0.3) is 0 Å². The quantitative estimate of drug-likeness (QED) is 0.584. The van der Waals surface area contributed by atoms with E-state index in [4.69, 9.17) is 15.2 Å². The van der Waals surface area contributed by atoms with E-state index < -0.39 is 13.1 Å². The number of aryl methyl sites for hydroxylation is 1. The first-order valence-electron chi connectivity index (χ1n) is 4.76. The van der Waals surface area contributed by atoms with Crippen LogP contribution in [0.1, 0.15) is 18.4 Å². The molecule has 3 N–H and O–H groups in total. The normalized spacial score (nSPS) is 10.0. The van der Waals surface area contributed by atoms with Gasteiger partial charge >= 0.3 is 13.1 Å². The Labute approximate surface area is 88.3 Å². The standard InChI is InChI=1S/C10H13BO4/c12-10(13)3-1-2-8-4-6-9(7-5-8)11(14)15/h4-7,14-15H,1-3H2,(H,12,13). The van der Waals surface area contributed by atoms with Crippen LogP contribution < -0.4 is 5.46 Å². The second kappa shape index (κ2) is 5.53. The van der Waals surface area contributed by atoms with Gasteiger partial charge < -0.3 is 15.2 Å². The van der Waals surface area contributed by atoms with Gasteiger partial charge in [0.1, 0.15) is 0 Å². The number of carboxylic acids is 1. The van der Waals surface area contributed by atoms with Crippen molar-refractivity contribution in [3.05, 3.63) is 29.8 Å². The van der Waals surface area contributed by atoms with Gasteiger partial charge in [0.2, 0.25) is 0 Å². The van der Waals surface area contributed by atoms with E-state index in [1.165, 1.54) is 0 Å². The van der Waals surface area contributed by atoms with E-state index in [2.05, 4.69) is 0 Å².